The molecule has 2 heterocycles. The van der Waals surface area contributed by atoms with Gasteiger partial charge in [-0.3, -0.25) is 14.5 Å². The van der Waals surface area contributed by atoms with Crippen LogP contribution in [0.2, 0.25) is 5.02 Å². The smallest absolute Gasteiger partial charge is 0.240 e. The molecule has 0 saturated heterocycles. The van der Waals surface area contributed by atoms with Crippen LogP contribution in [0.5, 0.6) is 11.5 Å². The van der Waals surface area contributed by atoms with Gasteiger partial charge in [0.1, 0.15) is 23.9 Å². The summed E-state index contributed by atoms with van der Waals surface area (Å²) >= 11 is 7.75. The summed E-state index contributed by atoms with van der Waals surface area (Å²) in [6.45, 7) is 1.91. The highest BCUT2D eigenvalue weighted by atomic mass is 35.5. The fourth-order valence-corrected chi connectivity index (χ4v) is 6.48. The van der Waals surface area contributed by atoms with Crippen LogP contribution in [0.25, 0.3) is 16.9 Å². The Labute approximate surface area is 253 Å². The van der Waals surface area contributed by atoms with E-state index in [1.165, 1.54) is 11.8 Å². The van der Waals surface area contributed by atoms with Gasteiger partial charge in [-0.05, 0) is 62.2 Å². The van der Waals surface area contributed by atoms with E-state index in [0.717, 1.165) is 40.8 Å². The van der Waals surface area contributed by atoms with Crippen LogP contribution in [0, 0.1) is 6.92 Å². The zero-order valence-electron chi connectivity index (χ0n) is 23.6. The summed E-state index contributed by atoms with van der Waals surface area (Å²) in [5.41, 5.74) is 5.05. The third-order valence-corrected chi connectivity index (χ3v) is 8.94. The van der Waals surface area contributed by atoms with E-state index in [1.54, 1.807) is 23.8 Å². The molecular weight excluding hydrogens is 572 g/mol. The van der Waals surface area contributed by atoms with Gasteiger partial charge in [-0.1, -0.05) is 41.4 Å². The van der Waals surface area contributed by atoms with E-state index in [0.29, 0.717) is 28.0 Å². The first-order chi connectivity index (χ1) is 20.4. The highest BCUT2D eigenvalue weighted by Crippen LogP contribution is 2.51. The molecule has 3 aromatic carbocycles. The van der Waals surface area contributed by atoms with Gasteiger partial charge in [0.15, 0.2) is 0 Å². The largest absolute Gasteiger partial charge is 0.497 e. The van der Waals surface area contributed by atoms with Crippen LogP contribution in [0.15, 0.2) is 66.7 Å². The molecule has 0 bridgehead atoms. The Hall–Kier alpha value is -3.95. The number of halogens is 1. The summed E-state index contributed by atoms with van der Waals surface area (Å²) in [5.74, 6) is 1.68. The third kappa shape index (κ3) is 5.58. The van der Waals surface area contributed by atoms with Crippen LogP contribution in [0.3, 0.4) is 0 Å². The first-order valence-corrected chi connectivity index (χ1v) is 15.2. The first kappa shape index (κ1) is 28.2. The average molecular weight is 603 g/mol. The van der Waals surface area contributed by atoms with E-state index in [1.807, 2.05) is 73.7 Å². The van der Waals surface area contributed by atoms with Gasteiger partial charge in [0.2, 0.25) is 11.8 Å². The van der Waals surface area contributed by atoms with Crippen LogP contribution in [-0.4, -0.2) is 54.2 Å². The van der Waals surface area contributed by atoms with E-state index < -0.39 is 0 Å². The van der Waals surface area contributed by atoms with Crippen molar-refractivity contribution in [2.45, 2.75) is 31.1 Å². The summed E-state index contributed by atoms with van der Waals surface area (Å²) in [6, 6.07) is 21.3. The summed E-state index contributed by atoms with van der Waals surface area (Å²) < 4.78 is 13.2. The molecule has 1 saturated carbocycles. The second-order valence-electron chi connectivity index (χ2n) is 10.5. The number of benzene rings is 3. The molecule has 2 aliphatic rings. The number of nitrogens with zero attached hydrogens (tertiary/aromatic N) is 3. The number of carbonyl (C=O) groups excluding carboxylic acids is 2. The van der Waals surface area contributed by atoms with Crippen LogP contribution >= 0.6 is 23.4 Å². The Morgan fingerprint density at radius 3 is 2.45 bits per heavy atom. The van der Waals surface area contributed by atoms with Crippen LogP contribution in [-0.2, 0) is 9.59 Å². The Bertz CT molecular complexity index is 1630. The number of nitrogens with one attached hydrogen (secondary N) is 1. The molecule has 8 nitrogen and oxygen atoms in total. The van der Waals surface area contributed by atoms with Crippen molar-refractivity contribution in [3.05, 3.63) is 88.4 Å². The van der Waals surface area contributed by atoms with Crippen molar-refractivity contribution in [2.24, 2.45) is 0 Å². The molecule has 1 fully saturated rings. The minimum Gasteiger partial charge on any atom is -0.497 e. The maximum Gasteiger partial charge on any atom is 0.240 e. The second-order valence-corrected chi connectivity index (χ2v) is 12.0. The van der Waals surface area contributed by atoms with Gasteiger partial charge in [0.05, 0.1) is 36.6 Å². The van der Waals surface area contributed by atoms with Gasteiger partial charge < -0.3 is 14.8 Å². The summed E-state index contributed by atoms with van der Waals surface area (Å²) in [4.78, 5) is 28.7. The minimum atomic E-state index is -0.365. The van der Waals surface area contributed by atoms with Gasteiger partial charge in [-0.15, -0.1) is 11.8 Å². The molecule has 216 valence electrons. The highest BCUT2D eigenvalue weighted by molar-refractivity contribution is 8.00. The molecule has 1 atom stereocenters. The van der Waals surface area contributed by atoms with E-state index in [9.17, 15) is 9.59 Å². The number of ether oxygens (including phenoxy) is 2. The average Bonchev–Trinajstić information content (AvgIpc) is 3.75. The molecule has 1 aromatic heterocycles. The fraction of sp³-hybridized carbons (Fsp3) is 0.281. The lowest BCUT2D eigenvalue weighted by atomic mass is 9.98. The van der Waals surface area contributed by atoms with E-state index in [-0.39, 0.29) is 35.4 Å². The number of thioether (sulfide) groups is 1. The van der Waals surface area contributed by atoms with Gasteiger partial charge in [0.25, 0.3) is 0 Å². The number of fused-ring (bicyclic) bond motifs is 1. The number of anilines is 1. The third-order valence-electron chi connectivity index (χ3n) is 7.45. The normalized spacial score (nSPS) is 16.5. The predicted octanol–water partition coefficient (Wildman–Crippen LogP) is 5.97. The number of methoxy groups -OCH3 is 2. The quantitative estimate of drug-likeness (QED) is 0.268. The topological polar surface area (TPSA) is 85.7 Å². The summed E-state index contributed by atoms with van der Waals surface area (Å²) in [5, 5.41) is 8.42. The van der Waals surface area contributed by atoms with Crippen molar-refractivity contribution in [1.82, 2.24) is 15.1 Å². The van der Waals surface area contributed by atoms with E-state index in [4.69, 9.17) is 26.2 Å². The number of rotatable bonds is 8. The van der Waals surface area contributed by atoms with Gasteiger partial charge >= 0.3 is 0 Å². The predicted molar refractivity (Wildman–Crippen MR) is 166 cm³/mol. The monoisotopic (exact) mass is 602 g/mol. The van der Waals surface area contributed by atoms with E-state index in [2.05, 4.69) is 5.32 Å². The lowest BCUT2D eigenvalue weighted by Gasteiger charge is -2.23. The van der Waals surface area contributed by atoms with Crippen molar-refractivity contribution in [3.63, 3.8) is 0 Å². The van der Waals surface area contributed by atoms with Crippen molar-refractivity contribution in [3.8, 4) is 28.4 Å². The second kappa shape index (κ2) is 11.7. The van der Waals surface area contributed by atoms with Gasteiger partial charge in [0, 0.05) is 27.8 Å². The minimum absolute atomic E-state index is 0.109. The number of hydrogen-bond donors (Lipinski definition) is 1. The van der Waals surface area contributed by atoms with Crippen molar-refractivity contribution in [2.75, 3.05) is 31.4 Å². The molecule has 1 N–H and O–H groups in total. The zero-order valence-corrected chi connectivity index (χ0v) is 25.2. The van der Waals surface area contributed by atoms with Gasteiger partial charge in [-0.25, -0.2) is 4.68 Å². The molecule has 4 aromatic rings. The van der Waals surface area contributed by atoms with Crippen LogP contribution < -0.4 is 19.7 Å². The Balaban J connectivity index is 1.63. The standard InChI is InChI=1S/C32H31ClN4O4S/c1-19-4-12-23(13-5-19)37-32-29(30(35-37)20-6-8-21(33)9-7-20)31(25-16-24(40-2)14-15-26(25)41-3)42-18-28(39)36(32)17-27(38)34-22-10-11-22/h4-9,12-16,22,31H,10-11,17-18H2,1-3H3,(H,34,38)/t31-/m0/s1. The van der Waals surface area contributed by atoms with Crippen LogP contribution in [0.4, 0.5) is 5.82 Å². The van der Waals surface area contributed by atoms with E-state index >= 15 is 0 Å². The number of aromatic nitrogens is 2. The molecule has 10 heteroatoms. The first-order valence-electron chi connectivity index (χ1n) is 13.8. The highest BCUT2D eigenvalue weighted by Gasteiger charge is 2.39. The van der Waals surface area contributed by atoms with Crippen molar-refractivity contribution in [1.29, 1.82) is 0 Å². The Morgan fingerprint density at radius 1 is 1.05 bits per heavy atom. The molecule has 1 aliphatic heterocycles. The van der Waals surface area contributed by atoms with Crippen molar-refractivity contribution >= 4 is 41.0 Å². The molecule has 6 rings (SSSR count). The number of hydrogen-bond acceptors (Lipinski definition) is 6. The Morgan fingerprint density at radius 2 is 1.79 bits per heavy atom. The Kier molecular flexibility index (Phi) is 7.88. The summed E-state index contributed by atoms with van der Waals surface area (Å²) in [6.07, 6.45) is 1.92. The fourth-order valence-electron chi connectivity index (χ4n) is 5.14. The molecule has 0 unspecified atom stereocenters. The zero-order chi connectivity index (χ0) is 29.4. The molecular formula is C32H31ClN4O4S. The maximum atomic E-state index is 13.9. The lowest BCUT2D eigenvalue weighted by Crippen LogP contribution is -2.43. The number of amides is 2. The molecule has 42 heavy (non-hydrogen) atoms. The lowest BCUT2D eigenvalue weighted by molar-refractivity contribution is -0.123. The number of aryl methyl sites for hydroxylation is 1. The SMILES string of the molecule is COc1ccc(OC)c([C@@H]2SCC(=O)N(CC(=O)NC3CC3)c3c2c(-c2ccc(Cl)cc2)nn3-c2ccc(C)cc2)c1. The maximum absolute atomic E-state index is 13.9. The van der Waals surface area contributed by atoms with Crippen molar-refractivity contribution < 1.29 is 19.1 Å². The summed E-state index contributed by atoms with van der Waals surface area (Å²) in [7, 11) is 3.25. The molecule has 0 radical (unpaired) electrons. The van der Waals surface area contributed by atoms with Crippen LogP contribution in [0.1, 0.15) is 34.8 Å². The molecule has 0 spiro atoms. The van der Waals surface area contributed by atoms with Gasteiger partial charge in [-0.2, -0.15) is 5.10 Å². The number of carbonyl (C=O) groups is 2. The molecule has 2 amide bonds. The molecule has 1 aliphatic carbocycles.